The number of hydrogen-bond acceptors (Lipinski definition) is 5. The van der Waals surface area contributed by atoms with Crippen LogP contribution in [0.3, 0.4) is 0 Å². The number of nitrogens with zero attached hydrogens (tertiary/aromatic N) is 2. The molecule has 1 saturated heterocycles. The summed E-state index contributed by atoms with van der Waals surface area (Å²) in [7, 11) is 0. The van der Waals surface area contributed by atoms with E-state index in [0.29, 0.717) is 0 Å². The quantitative estimate of drug-likeness (QED) is 0.530. The normalized spacial score (nSPS) is 15.1. The predicted octanol–water partition coefficient (Wildman–Crippen LogP) is 4.41. The molecule has 0 amide bonds. The van der Waals surface area contributed by atoms with Gasteiger partial charge < -0.3 is 10.1 Å². The van der Waals surface area contributed by atoms with Crippen molar-refractivity contribution in [2.75, 3.05) is 13.1 Å². The predicted molar refractivity (Wildman–Crippen MR) is 113 cm³/mol. The minimum Gasteiger partial charge on any atom is -0.488 e. The Morgan fingerprint density at radius 1 is 1.00 bits per heavy atom. The first-order valence-electron chi connectivity index (χ1n) is 9.71. The molecule has 0 bridgehead atoms. The Bertz CT molecular complexity index is 1070. The molecule has 2 N–H and O–H groups in total. The fourth-order valence-corrected chi connectivity index (χ4v) is 4.70. The fourth-order valence-electron chi connectivity index (χ4n) is 3.63. The van der Waals surface area contributed by atoms with Gasteiger partial charge >= 0.3 is 0 Å². The number of hydrogen-bond donors (Lipinski definition) is 2. The van der Waals surface area contributed by atoms with Gasteiger partial charge in [-0.15, -0.1) is 11.3 Å². The minimum atomic E-state index is 0.237. The topological polar surface area (TPSA) is 62.8 Å². The molecular weight excluding hydrogens is 368 g/mol. The lowest BCUT2D eigenvalue weighted by molar-refractivity contribution is 0.166. The van der Waals surface area contributed by atoms with Crippen LogP contribution in [-0.2, 0) is 6.42 Å². The Labute approximate surface area is 167 Å². The van der Waals surface area contributed by atoms with E-state index < -0.39 is 0 Å². The zero-order chi connectivity index (χ0) is 18.8. The number of rotatable bonds is 5. The molecule has 2 aromatic heterocycles. The number of aromatic amines is 1. The van der Waals surface area contributed by atoms with Crippen LogP contribution in [0.15, 0.2) is 54.6 Å². The first kappa shape index (κ1) is 17.4. The summed E-state index contributed by atoms with van der Waals surface area (Å²) < 4.78 is 7.70. The van der Waals surface area contributed by atoms with Crippen molar-refractivity contribution in [2.45, 2.75) is 25.4 Å². The highest BCUT2D eigenvalue weighted by Crippen LogP contribution is 2.44. The highest BCUT2D eigenvalue weighted by molar-refractivity contribution is 7.22. The molecule has 28 heavy (non-hydrogen) atoms. The zero-order valence-electron chi connectivity index (χ0n) is 15.5. The van der Waals surface area contributed by atoms with Gasteiger partial charge in [0.25, 0.3) is 0 Å². The van der Waals surface area contributed by atoms with Gasteiger partial charge in [-0.25, -0.2) is 4.98 Å². The molecule has 1 aliphatic rings. The minimum absolute atomic E-state index is 0.237. The largest absolute Gasteiger partial charge is 0.488 e. The van der Waals surface area contributed by atoms with Crippen LogP contribution in [0.25, 0.3) is 20.8 Å². The number of thiophene rings is 1. The second kappa shape index (κ2) is 7.73. The SMILES string of the molecule is c1ccc(Cc2nc(-c3sc4ccccc4c3OC3CCNCC3)n[nH]2)cc1. The summed E-state index contributed by atoms with van der Waals surface area (Å²) in [5, 5.41) is 12.2. The zero-order valence-corrected chi connectivity index (χ0v) is 16.3. The number of fused-ring (bicyclic) bond motifs is 1. The van der Waals surface area contributed by atoms with Gasteiger partial charge in [-0.1, -0.05) is 42.5 Å². The third-order valence-corrected chi connectivity index (χ3v) is 6.22. The molecule has 3 heterocycles. The maximum Gasteiger partial charge on any atom is 0.195 e. The molecule has 0 unspecified atom stereocenters. The van der Waals surface area contributed by atoms with Crippen LogP contribution in [0.4, 0.5) is 0 Å². The number of nitrogens with one attached hydrogen (secondary N) is 2. The maximum absolute atomic E-state index is 6.50. The van der Waals surface area contributed by atoms with E-state index in [1.807, 2.05) is 18.2 Å². The molecule has 0 spiro atoms. The summed E-state index contributed by atoms with van der Waals surface area (Å²) in [4.78, 5) is 5.79. The average Bonchev–Trinajstić information content (AvgIpc) is 3.34. The molecule has 0 atom stereocenters. The summed E-state index contributed by atoms with van der Waals surface area (Å²) in [6.45, 7) is 2.01. The number of H-pyrrole nitrogens is 1. The third kappa shape index (κ3) is 3.53. The molecule has 1 fully saturated rings. The van der Waals surface area contributed by atoms with Crippen LogP contribution in [0.5, 0.6) is 5.75 Å². The van der Waals surface area contributed by atoms with Gasteiger partial charge in [0.2, 0.25) is 0 Å². The highest BCUT2D eigenvalue weighted by Gasteiger charge is 2.23. The highest BCUT2D eigenvalue weighted by atomic mass is 32.1. The van der Waals surface area contributed by atoms with Gasteiger partial charge in [0.1, 0.15) is 22.6 Å². The molecular formula is C22H22N4OS. The summed E-state index contributed by atoms with van der Waals surface area (Å²) in [5.41, 5.74) is 1.22. The second-order valence-corrected chi connectivity index (χ2v) is 8.14. The van der Waals surface area contributed by atoms with E-state index in [4.69, 9.17) is 9.72 Å². The van der Waals surface area contributed by atoms with Crippen molar-refractivity contribution in [3.05, 3.63) is 66.0 Å². The van der Waals surface area contributed by atoms with E-state index in [-0.39, 0.29) is 6.10 Å². The first-order valence-corrected chi connectivity index (χ1v) is 10.5. The molecule has 142 valence electrons. The van der Waals surface area contributed by atoms with E-state index >= 15 is 0 Å². The lowest BCUT2D eigenvalue weighted by Gasteiger charge is -2.24. The van der Waals surface area contributed by atoms with Crippen LogP contribution in [-0.4, -0.2) is 34.4 Å². The molecule has 2 aromatic carbocycles. The molecule has 5 rings (SSSR count). The molecule has 0 saturated carbocycles. The lowest BCUT2D eigenvalue weighted by atomic mass is 10.1. The van der Waals surface area contributed by atoms with Crippen LogP contribution in [0.2, 0.25) is 0 Å². The van der Waals surface area contributed by atoms with Crippen molar-refractivity contribution in [3.8, 4) is 16.5 Å². The van der Waals surface area contributed by atoms with Crippen molar-refractivity contribution in [3.63, 3.8) is 0 Å². The Kier molecular flexibility index (Phi) is 4.81. The van der Waals surface area contributed by atoms with Crippen molar-refractivity contribution < 1.29 is 4.74 Å². The Morgan fingerprint density at radius 2 is 1.79 bits per heavy atom. The molecule has 0 radical (unpaired) electrons. The van der Waals surface area contributed by atoms with E-state index in [2.05, 4.69) is 51.9 Å². The standard InChI is InChI=1S/C22H22N4OS/c1-2-6-15(7-3-1)14-19-24-22(26-25-19)21-20(27-16-10-12-23-13-11-16)17-8-4-5-9-18(17)28-21/h1-9,16,23H,10-14H2,(H,24,25,26). The van der Waals surface area contributed by atoms with Crippen molar-refractivity contribution in [1.29, 1.82) is 0 Å². The van der Waals surface area contributed by atoms with E-state index in [0.717, 1.165) is 60.0 Å². The Hall–Kier alpha value is -2.70. The number of ether oxygens (including phenoxy) is 1. The van der Waals surface area contributed by atoms with Gasteiger partial charge in [0, 0.05) is 16.5 Å². The molecule has 1 aliphatic heterocycles. The number of aromatic nitrogens is 3. The number of benzene rings is 2. The van der Waals surface area contributed by atoms with Gasteiger partial charge in [-0.05, 0) is 43.6 Å². The van der Waals surface area contributed by atoms with Crippen molar-refractivity contribution in [2.24, 2.45) is 0 Å². The molecule has 4 aromatic rings. The summed E-state index contributed by atoms with van der Waals surface area (Å²) in [5.74, 6) is 2.51. The monoisotopic (exact) mass is 390 g/mol. The van der Waals surface area contributed by atoms with Gasteiger partial charge in [-0.3, -0.25) is 5.10 Å². The summed E-state index contributed by atoms with van der Waals surface area (Å²) in [6.07, 6.45) is 3.03. The van der Waals surface area contributed by atoms with Gasteiger partial charge in [0.05, 0.1) is 0 Å². The van der Waals surface area contributed by atoms with Crippen LogP contribution in [0, 0.1) is 0 Å². The van der Waals surface area contributed by atoms with E-state index in [1.54, 1.807) is 11.3 Å². The Balaban J connectivity index is 1.49. The van der Waals surface area contributed by atoms with Gasteiger partial charge in [-0.2, -0.15) is 5.10 Å². The number of piperidine rings is 1. The Morgan fingerprint density at radius 3 is 2.64 bits per heavy atom. The second-order valence-electron chi connectivity index (χ2n) is 7.09. The fraction of sp³-hybridized carbons (Fsp3) is 0.273. The third-order valence-electron chi connectivity index (χ3n) is 5.07. The van der Waals surface area contributed by atoms with Crippen LogP contribution < -0.4 is 10.1 Å². The average molecular weight is 391 g/mol. The summed E-state index contributed by atoms with van der Waals surface area (Å²) in [6, 6.07) is 18.7. The van der Waals surface area contributed by atoms with Crippen LogP contribution >= 0.6 is 11.3 Å². The van der Waals surface area contributed by atoms with Crippen molar-refractivity contribution >= 4 is 21.4 Å². The molecule has 5 nitrogen and oxygen atoms in total. The molecule has 0 aliphatic carbocycles. The van der Waals surface area contributed by atoms with E-state index in [9.17, 15) is 0 Å². The van der Waals surface area contributed by atoms with Gasteiger partial charge in [0.15, 0.2) is 5.82 Å². The van der Waals surface area contributed by atoms with Crippen molar-refractivity contribution in [1.82, 2.24) is 20.5 Å². The van der Waals surface area contributed by atoms with E-state index in [1.165, 1.54) is 10.3 Å². The smallest absolute Gasteiger partial charge is 0.195 e. The first-order chi connectivity index (χ1) is 13.9. The maximum atomic E-state index is 6.50. The summed E-state index contributed by atoms with van der Waals surface area (Å²) >= 11 is 1.70. The lowest BCUT2D eigenvalue weighted by Crippen LogP contribution is -2.34. The molecule has 6 heteroatoms. The van der Waals surface area contributed by atoms with Crippen LogP contribution in [0.1, 0.15) is 24.2 Å².